The van der Waals surface area contributed by atoms with E-state index >= 15 is 0 Å². The van der Waals surface area contributed by atoms with E-state index in [9.17, 15) is 4.79 Å². The highest BCUT2D eigenvalue weighted by Gasteiger charge is 2.26. The van der Waals surface area contributed by atoms with Crippen molar-refractivity contribution in [1.29, 1.82) is 5.26 Å². The van der Waals surface area contributed by atoms with E-state index in [2.05, 4.69) is 10.3 Å². The highest BCUT2D eigenvalue weighted by Crippen LogP contribution is 2.22. The van der Waals surface area contributed by atoms with Crippen LogP contribution in [0.2, 0.25) is 5.02 Å². The first kappa shape index (κ1) is 18.8. The van der Waals surface area contributed by atoms with Crippen molar-refractivity contribution in [2.45, 2.75) is 38.8 Å². The number of hydrogen-bond acceptors (Lipinski definition) is 5. The second kappa shape index (κ2) is 8.00. The van der Waals surface area contributed by atoms with E-state index in [0.29, 0.717) is 17.8 Å². The number of nitrogens with zero attached hydrogens (tertiary/aromatic N) is 2. The van der Waals surface area contributed by atoms with Crippen molar-refractivity contribution in [1.82, 2.24) is 4.98 Å². The Balaban J connectivity index is 2.25. The third-order valence-electron chi connectivity index (χ3n) is 3.26. The lowest BCUT2D eigenvalue weighted by Crippen LogP contribution is -2.38. The summed E-state index contributed by atoms with van der Waals surface area (Å²) < 4.78 is 5.50. The first-order chi connectivity index (χ1) is 11.8. The number of carbonyl (C=O) groups is 1. The fraction of sp³-hybridized carbons (Fsp3) is 0.316. The van der Waals surface area contributed by atoms with Gasteiger partial charge in [0.25, 0.3) is 0 Å². The van der Waals surface area contributed by atoms with Gasteiger partial charge in [-0.2, -0.15) is 5.26 Å². The van der Waals surface area contributed by atoms with Crippen LogP contribution in [0, 0.1) is 11.3 Å². The molecular formula is C19H20ClN3O2. The molecule has 0 amide bonds. The van der Waals surface area contributed by atoms with Crippen LogP contribution in [0.25, 0.3) is 0 Å². The number of nitriles is 1. The number of ether oxygens (including phenoxy) is 1. The fourth-order valence-electron chi connectivity index (χ4n) is 2.19. The number of nitrogens with one attached hydrogen (secondary N) is 1. The highest BCUT2D eigenvalue weighted by atomic mass is 35.5. The molecule has 0 spiro atoms. The molecule has 0 bridgehead atoms. The van der Waals surface area contributed by atoms with E-state index in [4.69, 9.17) is 21.6 Å². The third-order valence-corrected chi connectivity index (χ3v) is 3.54. The fourth-order valence-corrected chi connectivity index (χ4v) is 2.41. The minimum atomic E-state index is -0.653. The molecule has 2 rings (SSSR count). The van der Waals surface area contributed by atoms with E-state index < -0.39 is 17.6 Å². The number of pyridine rings is 1. The first-order valence-corrected chi connectivity index (χ1v) is 8.25. The average Bonchev–Trinajstić information content (AvgIpc) is 2.55. The van der Waals surface area contributed by atoms with Crippen LogP contribution in [-0.4, -0.2) is 22.6 Å². The van der Waals surface area contributed by atoms with Crippen molar-refractivity contribution >= 4 is 23.4 Å². The number of rotatable bonds is 5. The van der Waals surface area contributed by atoms with Crippen LogP contribution >= 0.6 is 11.6 Å². The number of benzene rings is 1. The van der Waals surface area contributed by atoms with Gasteiger partial charge in [0.1, 0.15) is 23.5 Å². The van der Waals surface area contributed by atoms with Gasteiger partial charge in [0, 0.05) is 12.6 Å². The molecule has 0 aliphatic carbocycles. The molecule has 130 valence electrons. The maximum absolute atomic E-state index is 12.6. The minimum Gasteiger partial charge on any atom is -0.458 e. The largest absolute Gasteiger partial charge is 0.458 e. The molecule has 1 N–H and O–H groups in total. The van der Waals surface area contributed by atoms with E-state index in [1.54, 1.807) is 0 Å². The van der Waals surface area contributed by atoms with Crippen LogP contribution in [0.15, 0.2) is 42.6 Å². The van der Waals surface area contributed by atoms with Crippen LogP contribution < -0.4 is 5.32 Å². The quantitative estimate of drug-likeness (QED) is 0.819. The minimum absolute atomic E-state index is 0.278. The molecule has 5 nitrogen and oxygen atoms in total. The van der Waals surface area contributed by atoms with Gasteiger partial charge in [-0.1, -0.05) is 41.9 Å². The Kier molecular flexibility index (Phi) is 6.00. The van der Waals surface area contributed by atoms with Gasteiger partial charge in [0.05, 0.1) is 10.6 Å². The second-order valence-corrected chi connectivity index (χ2v) is 6.99. The summed E-state index contributed by atoms with van der Waals surface area (Å²) in [5, 5.41) is 12.2. The van der Waals surface area contributed by atoms with Crippen LogP contribution in [-0.2, 0) is 16.0 Å². The Morgan fingerprint density at radius 2 is 2.04 bits per heavy atom. The SMILES string of the molecule is CC(C)(C)OC(=O)[C@@H](Cc1ccccc1)Nc1ncc(C#N)cc1Cl. The van der Waals surface area contributed by atoms with E-state index in [1.807, 2.05) is 57.2 Å². The number of anilines is 1. The summed E-state index contributed by atoms with van der Waals surface area (Å²) in [7, 11) is 0. The van der Waals surface area contributed by atoms with Crippen molar-refractivity contribution in [3.8, 4) is 6.07 Å². The van der Waals surface area contributed by atoms with Gasteiger partial charge in [-0.05, 0) is 32.4 Å². The van der Waals surface area contributed by atoms with Gasteiger partial charge in [-0.15, -0.1) is 0 Å². The summed E-state index contributed by atoms with van der Waals surface area (Å²) in [6, 6.07) is 12.4. The smallest absolute Gasteiger partial charge is 0.329 e. The Labute approximate surface area is 152 Å². The summed E-state index contributed by atoms with van der Waals surface area (Å²) in [6.07, 6.45) is 1.83. The van der Waals surface area contributed by atoms with E-state index in [-0.39, 0.29) is 5.02 Å². The van der Waals surface area contributed by atoms with Gasteiger partial charge in [-0.25, -0.2) is 9.78 Å². The van der Waals surface area contributed by atoms with Gasteiger partial charge < -0.3 is 10.1 Å². The van der Waals surface area contributed by atoms with Crippen molar-refractivity contribution in [3.63, 3.8) is 0 Å². The molecule has 1 aromatic carbocycles. The van der Waals surface area contributed by atoms with Crippen molar-refractivity contribution in [2.24, 2.45) is 0 Å². The zero-order valence-electron chi connectivity index (χ0n) is 14.4. The van der Waals surface area contributed by atoms with Crippen LogP contribution in [0.1, 0.15) is 31.9 Å². The van der Waals surface area contributed by atoms with Gasteiger partial charge >= 0.3 is 5.97 Å². The predicted octanol–water partition coefficient (Wildman–Crippen LogP) is 3.97. The molecule has 2 aromatic rings. The summed E-state index contributed by atoms with van der Waals surface area (Å²) in [5.74, 6) is -0.0500. The Morgan fingerprint density at radius 1 is 1.36 bits per heavy atom. The molecular weight excluding hydrogens is 338 g/mol. The van der Waals surface area contributed by atoms with E-state index in [0.717, 1.165) is 5.56 Å². The molecule has 0 saturated carbocycles. The summed E-state index contributed by atoms with van der Waals surface area (Å²) in [4.78, 5) is 16.7. The van der Waals surface area contributed by atoms with Crippen LogP contribution in [0.3, 0.4) is 0 Å². The lowest BCUT2D eigenvalue weighted by atomic mass is 10.1. The molecule has 6 heteroatoms. The molecule has 0 radical (unpaired) electrons. The Morgan fingerprint density at radius 3 is 2.60 bits per heavy atom. The highest BCUT2D eigenvalue weighted by molar-refractivity contribution is 6.33. The second-order valence-electron chi connectivity index (χ2n) is 6.59. The number of carbonyl (C=O) groups excluding carboxylic acids is 1. The zero-order valence-corrected chi connectivity index (χ0v) is 15.2. The maximum Gasteiger partial charge on any atom is 0.329 e. The van der Waals surface area contributed by atoms with Crippen molar-refractivity contribution in [2.75, 3.05) is 5.32 Å². The third kappa shape index (κ3) is 5.77. The standard InChI is InChI=1S/C19H20ClN3O2/c1-19(2,3)25-18(24)16(10-13-7-5-4-6-8-13)23-17-15(20)9-14(11-21)12-22-17/h4-9,12,16H,10H2,1-3H3,(H,22,23)/t16-/m1/s1. The normalized spacial score (nSPS) is 12.1. The molecule has 0 aliphatic heterocycles. The van der Waals surface area contributed by atoms with Crippen molar-refractivity contribution in [3.05, 3.63) is 58.7 Å². The van der Waals surface area contributed by atoms with Crippen molar-refractivity contribution < 1.29 is 9.53 Å². The maximum atomic E-state index is 12.6. The number of halogens is 1. The average molecular weight is 358 g/mol. The molecule has 1 atom stereocenters. The molecule has 0 fully saturated rings. The van der Waals surface area contributed by atoms with Gasteiger partial charge in [0.2, 0.25) is 0 Å². The topological polar surface area (TPSA) is 75.0 Å². The summed E-state index contributed by atoms with van der Waals surface area (Å²) >= 11 is 6.16. The molecule has 1 aromatic heterocycles. The predicted molar refractivity (Wildman–Crippen MR) is 97.4 cm³/mol. The number of aromatic nitrogens is 1. The molecule has 0 unspecified atom stereocenters. The van der Waals surface area contributed by atoms with Gasteiger partial charge in [0.15, 0.2) is 0 Å². The Hall–Kier alpha value is -2.58. The lowest BCUT2D eigenvalue weighted by Gasteiger charge is -2.25. The van der Waals surface area contributed by atoms with Crippen LogP contribution in [0.5, 0.6) is 0 Å². The van der Waals surface area contributed by atoms with E-state index in [1.165, 1.54) is 12.3 Å². The summed E-state index contributed by atoms with van der Waals surface area (Å²) in [5.41, 5.74) is 0.735. The summed E-state index contributed by atoms with van der Waals surface area (Å²) in [6.45, 7) is 5.45. The Bertz CT molecular complexity index is 779. The van der Waals surface area contributed by atoms with Gasteiger partial charge in [-0.3, -0.25) is 0 Å². The monoisotopic (exact) mass is 357 g/mol. The molecule has 0 saturated heterocycles. The molecule has 1 heterocycles. The number of esters is 1. The molecule has 25 heavy (non-hydrogen) atoms. The van der Waals surface area contributed by atoms with Crippen LogP contribution in [0.4, 0.5) is 5.82 Å². The zero-order chi connectivity index (χ0) is 18.4. The number of hydrogen-bond donors (Lipinski definition) is 1. The lowest BCUT2D eigenvalue weighted by molar-refractivity contribution is -0.155. The molecule has 0 aliphatic rings. The first-order valence-electron chi connectivity index (χ1n) is 7.87.